The van der Waals surface area contributed by atoms with E-state index in [1.54, 1.807) is 6.20 Å². The molecule has 0 amide bonds. The van der Waals surface area contributed by atoms with E-state index in [0.29, 0.717) is 11.9 Å². The van der Waals surface area contributed by atoms with E-state index in [1.807, 2.05) is 6.07 Å². The Morgan fingerprint density at radius 1 is 1.44 bits per heavy atom. The van der Waals surface area contributed by atoms with Crippen molar-refractivity contribution < 1.29 is 4.74 Å². The van der Waals surface area contributed by atoms with Crippen molar-refractivity contribution >= 4 is 38.7 Å². The van der Waals surface area contributed by atoms with Crippen LogP contribution in [0.15, 0.2) is 16.7 Å². The van der Waals surface area contributed by atoms with Crippen LogP contribution in [0.2, 0.25) is 0 Å². The smallest absolute Gasteiger partial charge is 0.160 e. The molecule has 96 valence electrons. The lowest BCUT2D eigenvalue weighted by Gasteiger charge is -2.24. The van der Waals surface area contributed by atoms with E-state index in [1.165, 1.54) is 0 Å². The largest absolute Gasteiger partial charge is 0.381 e. The maximum absolute atomic E-state index is 6.01. The number of ether oxygens (including phenoxy) is 1. The normalized spacial score (nSPS) is 17.4. The number of imidazole rings is 1. The van der Waals surface area contributed by atoms with Crippen molar-refractivity contribution in [2.45, 2.75) is 24.8 Å². The van der Waals surface area contributed by atoms with E-state index in [2.05, 4.69) is 30.5 Å². The summed E-state index contributed by atoms with van der Waals surface area (Å²) in [6.45, 7) is 1.59. The minimum Gasteiger partial charge on any atom is -0.381 e. The van der Waals surface area contributed by atoms with Gasteiger partial charge in [-0.15, -0.1) is 11.6 Å². The van der Waals surface area contributed by atoms with Crippen molar-refractivity contribution in [3.05, 3.63) is 22.6 Å². The lowest BCUT2D eigenvalue weighted by Crippen LogP contribution is -2.21. The maximum Gasteiger partial charge on any atom is 0.160 e. The minimum atomic E-state index is 0.395. The molecule has 0 aromatic carbocycles. The average molecular weight is 331 g/mol. The Morgan fingerprint density at radius 3 is 2.94 bits per heavy atom. The first-order valence-electron chi connectivity index (χ1n) is 5.95. The molecule has 0 aliphatic carbocycles. The Labute approximate surface area is 118 Å². The molecule has 4 nitrogen and oxygen atoms in total. The molecule has 1 aliphatic heterocycles. The molecule has 2 aromatic rings. The number of aromatic nitrogens is 3. The Balaban J connectivity index is 2.12. The molecule has 6 heteroatoms. The van der Waals surface area contributed by atoms with E-state index in [4.69, 9.17) is 16.3 Å². The van der Waals surface area contributed by atoms with Crippen molar-refractivity contribution in [3.63, 3.8) is 0 Å². The van der Waals surface area contributed by atoms with E-state index in [-0.39, 0.29) is 0 Å². The summed E-state index contributed by atoms with van der Waals surface area (Å²) in [5.74, 6) is 1.30. The van der Waals surface area contributed by atoms with Gasteiger partial charge >= 0.3 is 0 Å². The minimum absolute atomic E-state index is 0.395. The fourth-order valence-electron chi connectivity index (χ4n) is 2.43. The number of hydrogen-bond acceptors (Lipinski definition) is 3. The molecule has 0 N–H and O–H groups in total. The number of nitrogens with zero attached hydrogens (tertiary/aromatic N) is 3. The zero-order valence-corrected chi connectivity index (χ0v) is 12.1. The highest BCUT2D eigenvalue weighted by atomic mass is 79.9. The molecule has 0 saturated carbocycles. The SMILES string of the molecule is ClCc1nc2cc(Br)cnc2n1C1CCOCC1. The van der Waals surface area contributed by atoms with Crippen LogP contribution < -0.4 is 0 Å². The number of hydrogen-bond donors (Lipinski definition) is 0. The summed E-state index contributed by atoms with van der Waals surface area (Å²) in [7, 11) is 0. The summed E-state index contributed by atoms with van der Waals surface area (Å²) >= 11 is 9.43. The first-order valence-corrected chi connectivity index (χ1v) is 7.28. The summed E-state index contributed by atoms with van der Waals surface area (Å²) in [6, 6.07) is 2.37. The molecule has 1 fully saturated rings. The van der Waals surface area contributed by atoms with E-state index in [0.717, 1.165) is 47.5 Å². The van der Waals surface area contributed by atoms with E-state index >= 15 is 0 Å². The lowest BCUT2D eigenvalue weighted by atomic mass is 10.1. The number of pyridine rings is 1. The van der Waals surface area contributed by atoms with Gasteiger partial charge in [-0.3, -0.25) is 0 Å². The third kappa shape index (κ3) is 2.15. The number of rotatable bonds is 2. The average Bonchev–Trinajstić information content (AvgIpc) is 2.77. The second kappa shape index (κ2) is 5.15. The Hall–Kier alpha value is -0.650. The quantitative estimate of drug-likeness (QED) is 0.793. The van der Waals surface area contributed by atoms with Gasteiger partial charge in [0, 0.05) is 29.9 Å². The highest BCUT2D eigenvalue weighted by Gasteiger charge is 2.22. The lowest BCUT2D eigenvalue weighted by molar-refractivity contribution is 0.0699. The molecule has 2 aromatic heterocycles. The van der Waals surface area contributed by atoms with Gasteiger partial charge in [0.2, 0.25) is 0 Å². The molecule has 18 heavy (non-hydrogen) atoms. The predicted molar refractivity (Wildman–Crippen MR) is 73.9 cm³/mol. The van der Waals surface area contributed by atoms with Gasteiger partial charge < -0.3 is 9.30 Å². The zero-order chi connectivity index (χ0) is 12.5. The molecule has 0 radical (unpaired) electrons. The van der Waals surface area contributed by atoms with Gasteiger partial charge in [-0.1, -0.05) is 0 Å². The van der Waals surface area contributed by atoms with Gasteiger partial charge in [0.1, 0.15) is 11.3 Å². The van der Waals surface area contributed by atoms with E-state index < -0.39 is 0 Å². The van der Waals surface area contributed by atoms with Crippen LogP contribution in [0.1, 0.15) is 24.7 Å². The third-order valence-corrected chi connectivity index (χ3v) is 3.92. The molecular formula is C12H13BrClN3O. The van der Waals surface area contributed by atoms with Gasteiger partial charge in [0.05, 0.1) is 5.88 Å². The fourth-order valence-corrected chi connectivity index (χ4v) is 2.93. The molecule has 0 bridgehead atoms. The van der Waals surface area contributed by atoms with Crippen molar-refractivity contribution in [2.24, 2.45) is 0 Å². The molecule has 3 heterocycles. The van der Waals surface area contributed by atoms with Crippen molar-refractivity contribution in [1.82, 2.24) is 14.5 Å². The number of fused-ring (bicyclic) bond motifs is 1. The first-order chi connectivity index (χ1) is 8.79. The standard InChI is InChI=1S/C12H13BrClN3O/c13-8-5-10-12(15-7-8)17(11(6-14)16-10)9-1-3-18-4-2-9/h5,7,9H,1-4,6H2. The molecular weight excluding hydrogens is 318 g/mol. The number of halogens is 2. The van der Waals surface area contributed by atoms with E-state index in [9.17, 15) is 0 Å². The van der Waals surface area contributed by atoms with Crippen LogP contribution in [0.5, 0.6) is 0 Å². The molecule has 3 rings (SSSR count). The van der Waals surface area contributed by atoms with Gasteiger partial charge in [0.15, 0.2) is 5.65 Å². The molecule has 0 unspecified atom stereocenters. The van der Waals surface area contributed by atoms with Crippen LogP contribution >= 0.6 is 27.5 Å². The van der Waals surface area contributed by atoms with Crippen molar-refractivity contribution in [3.8, 4) is 0 Å². The monoisotopic (exact) mass is 329 g/mol. The Kier molecular flexibility index (Phi) is 3.54. The van der Waals surface area contributed by atoms with Gasteiger partial charge in [0.25, 0.3) is 0 Å². The summed E-state index contributed by atoms with van der Waals surface area (Å²) in [5, 5.41) is 0. The summed E-state index contributed by atoms with van der Waals surface area (Å²) in [4.78, 5) is 9.04. The Bertz CT molecular complexity index is 566. The van der Waals surface area contributed by atoms with Crippen LogP contribution in [-0.4, -0.2) is 27.7 Å². The Morgan fingerprint density at radius 2 is 2.22 bits per heavy atom. The van der Waals surface area contributed by atoms with Crippen LogP contribution in [0.3, 0.4) is 0 Å². The van der Waals surface area contributed by atoms with Gasteiger partial charge in [-0.2, -0.15) is 0 Å². The maximum atomic E-state index is 6.01. The summed E-state index contributed by atoms with van der Waals surface area (Å²) in [6.07, 6.45) is 3.79. The summed E-state index contributed by atoms with van der Waals surface area (Å²) in [5.41, 5.74) is 1.81. The van der Waals surface area contributed by atoms with Crippen LogP contribution in [0.25, 0.3) is 11.2 Å². The van der Waals surface area contributed by atoms with Gasteiger partial charge in [-0.25, -0.2) is 9.97 Å². The van der Waals surface area contributed by atoms with Crippen LogP contribution in [-0.2, 0) is 10.6 Å². The van der Waals surface area contributed by atoms with Crippen molar-refractivity contribution in [2.75, 3.05) is 13.2 Å². The highest BCUT2D eigenvalue weighted by Crippen LogP contribution is 2.28. The topological polar surface area (TPSA) is 39.9 Å². The van der Waals surface area contributed by atoms with Crippen LogP contribution in [0.4, 0.5) is 0 Å². The molecule has 0 atom stereocenters. The molecule has 0 spiro atoms. The third-order valence-electron chi connectivity index (χ3n) is 3.25. The van der Waals surface area contributed by atoms with Crippen LogP contribution in [0, 0.1) is 0 Å². The number of alkyl halides is 1. The highest BCUT2D eigenvalue weighted by molar-refractivity contribution is 9.10. The van der Waals surface area contributed by atoms with Crippen molar-refractivity contribution in [1.29, 1.82) is 0 Å². The first kappa shape index (κ1) is 12.4. The second-order valence-electron chi connectivity index (χ2n) is 4.37. The zero-order valence-electron chi connectivity index (χ0n) is 9.77. The fraction of sp³-hybridized carbons (Fsp3) is 0.500. The second-order valence-corrected chi connectivity index (χ2v) is 5.55. The van der Waals surface area contributed by atoms with Gasteiger partial charge in [-0.05, 0) is 34.8 Å². The summed E-state index contributed by atoms with van der Waals surface area (Å²) < 4.78 is 8.52. The molecule has 1 aliphatic rings. The predicted octanol–water partition coefficient (Wildman–Crippen LogP) is 3.28. The molecule has 1 saturated heterocycles.